The van der Waals surface area contributed by atoms with Gasteiger partial charge in [0, 0.05) is 11.0 Å². The molecule has 0 aliphatic carbocycles. The number of methoxy groups -OCH3 is 1. The molecule has 1 unspecified atom stereocenters. The number of carbonyl (C=O) groups is 1. The molecule has 3 nitrogen and oxygen atoms in total. The van der Waals surface area contributed by atoms with E-state index < -0.39 is 0 Å². The molecule has 0 fully saturated rings. The van der Waals surface area contributed by atoms with E-state index >= 15 is 0 Å². The Morgan fingerprint density at radius 2 is 1.78 bits per heavy atom. The van der Waals surface area contributed by atoms with Crippen molar-refractivity contribution in [2.45, 2.75) is 25.2 Å². The van der Waals surface area contributed by atoms with Crippen molar-refractivity contribution in [3.63, 3.8) is 0 Å². The summed E-state index contributed by atoms with van der Waals surface area (Å²) in [5.74, 6) is 1.47. The van der Waals surface area contributed by atoms with Crippen LogP contribution in [0.4, 0.5) is 0 Å². The van der Waals surface area contributed by atoms with Crippen LogP contribution in [0.5, 0.6) is 5.75 Å². The molecule has 0 heterocycles. The van der Waals surface area contributed by atoms with Crippen LogP contribution in [0.25, 0.3) is 0 Å². The van der Waals surface area contributed by atoms with Crippen molar-refractivity contribution in [1.82, 2.24) is 0 Å². The second-order valence-corrected chi connectivity index (χ2v) is 6.63. The maximum absolute atomic E-state index is 11.1. The zero-order valence-electron chi connectivity index (χ0n) is 13.5. The lowest BCUT2D eigenvalue weighted by Gasteiger charge is -2.12. The fourth-order valence-corrected chi connectivity index (χ4v) is 3.08. The Morgan fingerprint density at radius 1 is 1.09 bits per heavy atom. The van der Waals surface area contributed by atoms with E-state index in [1.807, 2.05) is 42.5 Å². The van der Waals surface area contributed by atoms with Gasteiger partial charge in [0.15, 0.2) is 0 Å². The number of hydrogen-bond acceptors (Lipinski definition) is 4. The van der Waals surface area contributed by atoms with Gasteiger partial charge < -0.3 is 9.47 Å². The number of esters is 1. The summed E-state index contributed by atoms with van der Waals surface area (Å²) in [4.78, 5) is 11.1. The maximum atomic E-state index is 11.1. The van der Waals surface area contributed by atoms with E-state index in [2.05, 4.69) is 23.8 Å². The first-order valence-electron chi connectivity index (χ1n) is 7.64. The van der Waals surface area contributed by atoms with Crippen LogP contribution < -0.4 is 4.74 Å². The van der Waals surface area contributed by atoms with Crippen molar-refractivity contribution in [2.75, 3.05) is 12.9 Å². The van der Waals surface area contributed by atoms with Gasteiger partial charge in [-0.05, 0) is 30.2 Å². The number of ether oxygens (including phenoxy) is 2. The molecule has 2 aromatic rings. The van der Waals surface area contributed by atoms with Crippen LogP contribution in [-0.4, -0.2) is 18.8 Å². The van der Waals surface area contributed by atoms with E-state index in [1.165, 1.54) is 12.7 Å². The van der Waals surface area contributed by atoms with Gasteiger partial charge in [0.1, 0.15) is 12.4 Å². The van der Waals surface area contributed by atoms with Crippen molar-refractivity contribution in [3.8, 4) is 5.75 Å². The predicted molar refractivity (Wildman–Crippen MR) is 94.7 cm³/mol. The molecule has 0 aliphatic rings. The van der Waals surface area contributed by atoms with Crippen LogP contribution >= 0.6 is 11.8 Å². The molecular weight excluding hydrogens is 308 g/mol. The molecule has 0 aliphatic heterocycles. The fraction of sp³-hybridized carbons (Fsp3) is 0.316. The molecule has 0 saturated heterocycles. The van der Waals surface area contributed by atoms with E-state index in [9.17, 15) is 4.79 Å². The lowest BCUT2D eigenvalue weighted by Crippen LogP contribution is -2.02. The quantitative estimate of drug-likeness (QED) is 0.662. The number of thioether (sulfide) groups is 1. The van der Waals surface area contributed by atoms with Gasteiger partial charge in [-0.25, -0.2) is 0 Å². The third-order valence-electron chi connectivity index (χ3n) is 3.50. The van der Waals surface area contributed by atoms with Gasteiger partial charge in [0.2, 0.25) is 0 Å². The van der Waals surface area contributed by atoms with Crippen LogP contribution in [0.2, 0.25) is 0 Å². The second-order valence-electron chi connectivity index (χ2n) is 5.18. The van der Waals surface area contributed by atoms with E-state index in [4.69, 9.17) is 4.74 Å². The first-order valence-corrected chi connectivity index (χ1v) is 8.69. The summed E-state index contributed by atoms with van der Waals surface area (Å²) in [6.45, 7) is 2.71. The largest absolute Gasteiger partial charge is 0.489 e. The minimum atomic E-state index is -0.158. The van der Waals surface area contributed by atoms with Gasteiger partial charge in [-0.2, -0.15) is 11.8 Å². The van der Waals surface area contributed by atoms with Gasteiger partial charge >= 0.3 is 5.97 Å². The van der Waals surface area contributed by atoms with Crippen molar-refractivity contribution < 1.29 is 14.3 Å². The van der Waals surface area contributed by atoms with Gasteiger partial charge in [-0.3, -0.25) is 4.79 Å². The number of carbonyl (C=O) groups excluding carboxylic acids is 1. The highest BCUT2D eigenvalue weighted by Crippen LogP contribution is 2.29. The normalized spacial score (nSPS) is 11.7. The Hall–Kier alpha value is -1.94. The van der Waals surface area contributed by atoms with Crippen molar-refractivity contribution in [3.05, 3.63) is 65.7 Å². The average molecular weight is 330 g/mol. The molecule has 0 spiro atoms. The summed E-state index contributed by atoms with van der Waals surface area (Å²) in [6, 6.07) is 18.3. The zero-order chi connectivity index (χ0) is 16.5. The first-order chi connectivity index (χ1) is 11.2. The molecule has 0 radical (unpaired) electrons. The Bertz CT molecular complexity index is 596. The molecule has 1 atom stereocenters. The third kappa shape index (κ3) is 5.99. The van der Waals surface area contributed by atoms with Crippen molar-refractivity contribution in [2.24, 2.45) is 0 Å². The second kappa shape index (κ2) is 9.26. The van der Waals surface area contributed by atoms with E-state index in [0.717, 1.165) is 17.1 Å². The van der Waals surface area contributed by atoms with Gasteiger partial charge in [-0.1, -0.05) is 42.5 Å². The maximum Gasteiger partial charge on any atom is 0.306 e. The third-order valence-corrected chi connectivity index (χ3v) is 4.71. The molecule has 0 amide bonds. The zero-order valence-corrected chi connectivity index (χ0v) is 14.3. The van der Waals surface area contributed by atoms with Crippen LogP contribution in [0.3, 0.4) is 0 Å². The van der Waals surface area contributed by atoms with E-state index in [0.29, 0.717) is 18.3 Å². The summed E-state index contributed by atoms with van der Waals surface area (Å²) < 4.78 is 10.4. The van der Waals surface area contributed by atoms with Crippen LogP contribution in [0.15, 0.2) is 54.6 Å². The van der Waals surface area contributed by atoms with Gasteiger partial charge in [0.05, 0.1) is 13.5 Å². The topological polar surface area (TPSA) is 35.5 Å². The molecule has 0 saturated carbocycles. The molecule has 4 heteroatoms. The Morgan fingerprint density at radius 3 is 2.43 bits per heavy atom. The molecule has 0 N–H and O–H groups in total. The highest BCUT2D eigenvalue weighted by Gasteiger charge is 2.08. The minimum absolute atomic E-state index is 0.158. The number of benzene rings is 2. The first kappa shape index (κ1) is 17.4. The molecule has 0 aromatic heterocycles. The van der Waals surface area contributed by atoms with E-state index in [-0.39, 0.29) is 5.97 Å². The highest BCUT2D eigenvalue weighted by atomic mass is 32.2. The van der Waals surface area contributed by atoms with Crippen molar-refractivity contribution in [1.29, 1.82) is 0 Å². The Labute approximate surface area is 142 Å². The molecule has 0 bridgehead atoms. The van der Waals surface area contributed by atoms with E-state index in [1.54, 1.807) is 11.8 Å². The molecule has 2 aromatic carbocycles. The lowest BCUT2D eigenvalue weighted by molar-refractivity contribution is -0.140. The van der Waals surface area contributed by atoms with Gasteiger partial charge in [-0.15, -0.1) is 0 Å². The number of hydrogen-bond donors (Lipinski definition) is 0. The summed E-state index contributed by atoms with van der Waals surface area (Å²) in [7, 11) is 1.42. The number of rotatable bonds is 8. The Balaban J connectivity index is 1.80. The predicted octanol–water partition coefficient (Wildman–Crippen LogP) is 4.62. The van der Waals surface area contributed by atoms with Crippen LogP contribution in [-0.2, 0) is 16.1 Å². The summed E-state index contributed by atoms with van der Waals surface area (Å²) in [5.41, 5.74) is 2.38. The standard InChI is InChI=1S/C19H22O3S/c1-15(23-13-12-19(20)21-2)17-8-10-18(11-9-17)22-14-16-6-4-3-5-7-16/h3-11,15H,12-14H2,1-2H3. The highest BCUT2D eigenvalue weighted by molar-refractivity contribution is 7.99. The smallest absolute Gasteiger partial charge is 0.306 e. The molecule has 23 heavy (non-hydrogen) atoms. The monoisotopic (exact) mass is 330 g/mol. The summed E-state index contributed by atoms with van der Waals surface area (Å²) in [5, 5.41) is 0.336. The summed E-state index contributed by atoms with van der Waals surface area (Å²) in [6.07, 6.45) is 0.448. The average Bonchev–Trinajstić information content (AvgIpc) is 2.61. The van der Waals surface area contributed by atoms with Crippen molar-refractivity contribution >= 4 is 17.7 Å². The molecule has 122 valence electrons. The molecule has 2 rings (SSSR count). The van der Waals surface area contributed by atoms with Crippen LogP contribution in [0, 0.1) is 0 Å². The SMILES string of the molecule is COC(=O)CCSC(C)c1ccc(OCc2ccccc2)cc1. The Kier molecular flexibility index (Phi) is 7.01. The minimum Gasteiger partial charge on any atom is -0.489 e. The fourth-order valence-electron chi connectivity index (χ4n) is 2.09. The summed E-state index contributed by atoms with van der Waals surface area (Å²) >= 11 is 1.75. The molecular formula is C19H22O3S. The van der Waals surface area contributed by atoms with Gasteiger partial charge in [0.25, 0.3) is 0 Å². The lowest BCUT2D eigenvalue weighted by atomic mass is 10.1. The van der Waals surface area contributed by atoms with Crippen LogP contribution in [0.1, 0.15) is 29.7 Å².